The van der Waals surface area contributed by atoms with Gasteiger partial charge in [0.2, 0.25) is 5.89 Å². The van der Waals surface area contributed by atoms with Gasteiger partial charge in [-0.05, 0) is 18.6 Å². The number of nitrogens with zero attached hydrogens (tertiary/aromatic N) is 3. The van der Waals surface area contributed by atoms with Crippen LogP contribution in [0.4, 0.5) is 0 Å². The summed E-state index contributed by atoms with van der Waals surface area (Å²) in [5, 5.41) is 13.2. The van der Waals surface area contributed by atoms with Gasteiger partial charge in [0.1, 0.15) is 6.54 Å². The highest BCUT2D eigenvalue weighted by Gasteiger charge is 2.07. The molecule has 2 aromatic heterocycles. The average Bonchev–Trinajstić information content (AvgIpc) is 2.87. The van der Waals surface area contributed by atoms with Crippen molar-refractivity contribution >= 4 is 0 Å². The Hall–Kier alpha value is -1.62. The highest BCUT2D eigenvalue weighted by atomic mass is 16.5. The van der Waals surface area contributed by atoms with Crippen molar-refractivity contribution in [3.63, 3.8) is 0 Å². The zero-order valence-electron chi connectivity index (χ0n) is 9.42. The summed E-state index contributed by atoms with van der Waals surface area (Å²) in [6, 6.07) is 1.88. The lowest BCUT2D eigenvalue weighted by molar-refractivity contribution is 0.199. The van der Waals surface area contributed by atoms with Crippen molar-refractivity contribution in [2.45, 2.75) is 32.9 Å². The van der Waals surface area contributed by atoms with Gasteiger partial charge in [0.25, 0.3) is 0 Å². The summed E-state index contributed by atoms with van der Waals surface area (Å²) in [5.41, 5.74) is 0.884. The lowest BCUT2D eigenvalue weighted by Gasteiger charge is -1.99. The van der Waals surface area contributed by atoms with Gasteiger partial charge in [0.15, 0.2) is 5.82 Å². The molecule has 0 aliphatic rings. The van der Waals surface area contributed by atoms with E-state index in [0.717, 1.165) is 17.8 Å². The molecule has 5 nitrogen and oxygen atoms in total. The highest BCUT2D eigenvalue weighted by molar-refractivity contribution is 5.13. The first-order valence-corrected chi connectivity index (χ1v) is 5.34. The SMILES string of the molecule is CCc1noc(Cn2ccc(C(C)O)c2)n1. The normalized spacial score (nSPS) is 12.9. The van der Waals surface area contributed by atoms with Crippen LogP contribution in [0.5, 0.6) is 0 Å². The van der Waals surface area contributed by atoms with Gasteiger partial charge in [0.05, 0.1) is 6.10 Å². The van der Waals surface area contributed by atoms with Gasteiger partial charge in [-0.25, -0.2) is 0 Å². The number of aliphatic hydroxyl groups is 1. The van der Waals surface area contributed by atoms with Crippen molar-refractivity contribution in [1.82, 2.24) is 14.7 Å². The van der Waals surface area contributed by atoms with E-state index in [2.05, 4.69) is 10.1 Å². The first-order chi connectivity index (χ1) is 7.69. The number of rotatable bonds is 4. The molecule has 1 unspecified atom stereocenters. The zero-order chi connectivity index (χ0) is 11.5. The van der Waals surface area contributed by atoms with Crippen LogP contribution in [0.2, 0.25) is 0 Å². The van der Waals surface area contributed by atoms with Crippen LogP contribution in [0.15, 0.2) is 23.0 Å². The predicted molar refractivity (Wildman–Crippen MR) is 57.8 cm³/mol. The van der Waals surface area contributed by atoms with Gasteiger partial charge in [-0.3, -0.25) is 0 Å². The van der Waals surface area contributed by atoms with Crippen LogP contribution >= 0.6 is 0 Å². The monoisotopic (exact) mass is 221 g/mol. The summed E-state index contributed by atoms with van der Waals surface area (Å²) < 4.78 is 7.00. The van der Waals surface area contributed by atoms with Crippen molar-refractivity contribution in [3.8, 4) is 0 Å². The summed E-state index contributed by atoms with van der Waals surface area (Å²) in [6.45, 7) is 4.26. The highest BCUT2D eigenvalue weighted by Crippen LogP contribution is 2.12. The van der Waals surface area contributed by atoms with Crippen molar-refractivity contribution in [1.29, 1.82) is 0 Å². The summed E-state index contributed by atoms with van der Waals surface area (Å²) in [5.74, 6) is 1.31. The maximum atomic E-state index is 9.38. The van der Waals surface area contributed by atoms with E-state index in [9.17, 15) is 5.11 Å². The molecule has 0 bridgehead atoms. The fourth-order valence-electron chi connectivity index (χ4n) is 1.46. The van der Waals surface area contributed by atoms with Crippen molar-refractivity contribution in [2.75, 3.05) is 0 Å². The van der Waals surface area contributed by atoms with Gasteiger partial charge in [-0.1, -0.05) is 12.1 Å². The standard InChI is InChI=1S/C11H15N3O2/c1-3-10-12-11(16-13-10)7-14-5-4-9(6-14)8(2)15/h4-6,8,15H,3,7H2,1-2H3. The summed E-state index contributed by atoms with van der Waals surface area (Å²) in [6.07, 6.45) is 4.09. The Morgan fingerprint density at radius 2 is 2.38 bits per heavy atom. The molecule has 0 aliphatic carbocycles. The van der Waals surface area contributed by atoms with Crippen molar-refractivity contribution < 1.29 is 9.63 Å². The van der Waals surface area contributed by atoms with Crippen LogP contribution in [0.3, 0.4) is 0 Å². The van der Waals surface area contributed by atoms with Crippen LogP contribution in [-0.4, -0.2) is 19.8 Å². The van der Waals surface area contributed by atoms with Crippen LogP contribution in [0.25, 0.3) is 0 Å². The lowest BCUT2D eigenvalue weighted by atomic mass is 10.2. The molecule has 0 aromatic carbocycles. The lowest BCUT2D eigenvalue weighted by Crippen LogP contribution is -1.97. The van der Waals surface area contributed by atoms with Gasteiger partial charge in [0, 0.05) is 18.8 Å². The Morgan fingerprint density at radius 3 is 2.94 bits per heavy atom. The Balaban J connectivity index is 2.08. The first-order valence-electron chi connectivity index (χ1n) is 5.34. The van der Waals surface area contributed by atoms with Gasteiger partial charge in [-0.2, -0.15) is 4.98 Å². The topological polar surface area (TPSA) is 64.1 Å². The Morgan fingerprint density at radius 1 is 1.56 bits per heavy atom. The predicted octanol–water partition coefficient (Wildman–Crippen LogP) is 1.54. The molecule has 16 heavy (non-hydrogen) atoms. The second kappa shape index (κ2) is 4.49. The Bertz CT molecular complexity index is 459. The number of hydrogen-bond donors (Lipinski definition) is 1. The summed E-state index contributed by atoms with van der Waals surface area (Å²) in [7, 11) is 0. The molecule has 2 rings (SSSR count). The second-order valence-electron chi connectivity index (χ2n) is 3.75. The molecular weight excluding hydrogens is 206 g/mol. The largest absolute Gasteiger partial charge is 0.389 e. The van der Waals surface area contributed by atoms with Crippen LogP contribution < -0.4 is 0 Å². The fourth-order valence-corrected chi connectivity index (χ4v) is 1.46. The maximum absolute atomic E-state index is 9.38. The number of hydrogen-bond acceptors (Lipinski definition) is 4. The molecule has 2 aromatic rings. The third-order valence-electron chi connectivity index (χ3n) is 2.40. The van der Waals surface area contributed by atoms with Crippen LogP contribution in [-0.2, 0) is 13.0 Å². The van der Waals surface area contributed by atoms with E-state index < -0.39 is 6.10 Å². The number of aromatic nitrogens is 3. The third-order valence-corrected chi connectivity index (χ3v) is 2.40. The molecule has 5 heteroatoms. The van der Waals surface area contributed by atoms with Crippen LogP contribution in [0, 0.1) is 0 Å². The molecule has 86 valence electrons. The smallest absolute Gasteiger partial charge is 0.246 e. The first kappa shape index (κ1) is 10.9. The molecule has 0 fully saturated rings. The number of aliphatic hydroxyl groups excluding tert-OH is 1. The van der Waals surface area contributed by atoms with Crippen LogP contribution in [0.1, 0.15) is 37.2 Å². The molecule has 0 aliphatic heterocycles. The summed E-state index contributed by atoms with van der Waals surface area (Å²) >= 11 is 0. The van der Waals surface area contributed by atoms with E-state index in [-0.39, 0.29) is 0 Å². The minimum atomic E-state index is -0.449. The zero-order valence-corrected chi connectivity index (χ0v) is 9.42. The minimum absolute atomic E-state index is 0.449. The molecule has 0 radical (unpaired) electrons. The maximum Gasteiger partial charge on any atom is 0.246 e. The molecular formula is C11H15N3O2. The van der Waals surface area contributed by atoms with Gasteiger partial charge in [-0.15, -0.1) is 0 Å². The van der Waals surface area contributed by atoms with Gasteiger partial charge < -0.3 is 14.2 Å². The average molecular weight is 221 g/mol. The van der Waals surface area contributed by atoms with E-state index in [1.54, 1.807) is 6.92 Å². The van der Waals surface area contributed by atoms with E-state index in [0.29, 0.717) is 12.4 Å². The second-order valence-corrected chi connectivity index (χ2v) is 3.75. The molecule has 2 heterocycles. The minimum Gasteiger partial charge on any atom is -0.389 e. The molecule has 0 spiro atoms. The summed E-state index contributed by atoms with van der Waals surface area (Å²) in [4.78, 5) is 4.22. The van der Waals surface area contributed by atoms with E-state index in [4.69, 9.17) is 4.52 Å². The Labute approximate surface area is 93.7 Å². The molecule has 0 saturated carbocycles. The Kier molecular flexibility index (Phi) is 3.05. The fraction of sp³-hybridized carbons (Fsp3) is 0.455. The number of aryl methyl sites for hydroxylation is 1. The molecule has 1 N–H and O–H groups in total. The van der Waals surface area contributed by atoms with Crippen molar-refractivity contribution in [3.05, 3.63) is 35.7 Å². The van der Waals surface area contributed by atoms with E-state index in [1.165, 1.54) is 0 Å². The van der Waals surface area contributed by atoms with Crippen molar-refractivity contribution in [2.24, 2.45) is 0 Å². The van der Waals surface area contributed by atoms with Gasteiger partial charge >= 0.3 is 0 Å². The van der Waals surface area contributed by atoms with E-state index >= 15 is 0 Å². The molecule has 0 saturated heterocycles. The van der Waals surface area contributed by atoms with E-state index in [1.807, 2.05) is 30.0 Å². The third kappa shape index (κ3) is 2.30. The quantitative estimate of drug-likeness (QED) is 0.850. The molecule has 1 atom stereocenters. The molecule has 0 amide bonds.